The van der Waals surface area contributed by atoms with Crippen molar-refractivity contribution in [3.63, 3.8) is 0 Å². The molecule has 0 heterocycles. The average molecular weight is 295 g/mol. The number of halogens is 3. The summed E-state index contributed by atoms with van der Waals surface area (Å²) < 4.78 is 32.8. The van der Waals surface area contributed by atoms with Gasteiger partial charge in [-0.15, -0.1) is 0 Å². The molecule has 0 spiro atoms. The molecule has 9 heteroatoms. The lowest BCUT2D eigenvalue weighted by Gasteiger charge is -1.96. The minimum absolute atomic E-state index is 0.498. The zero-order valence-electron chi connectivity index (χ0n) is 7.08. The summed E-state index contributed by atoms with van der Waals surface area (Å²) in [5.41, 5.74) is 4.26. The van der Waals surface area contributed by atoms with Crippen LogP contribution in [0, 0.1) is 0 Å². The summed E-state index contributed by atoms with van der Waals surface area (Å²) in [6, 6.07) is 3.22. The van der Waals surface area contributed by atoms with E-state index in [4.69, 9.17) is 52.3 Å². The second-order valence-corrected chi connectivity index (χ2v) is 4.38. The van der Waals surface area contributed by atoms with Gasteiger partial charge in [0, 0.05) is 5.02 Å². The molecule has 1 aromatic rings. The monoisotopic (exact) mass is 293 g/mol. The maximum absolute atomic E-state index is 8.63. The number of benzene rings is 1. The van der Waals surface area contributed by atoms with Crippen molar-refractivity contribution >= 4 is 50.9 Å². The maximum Gasteiger partial charge on any atom is 0.215 e. The van der Waals surface area contributed by atoms with Crippen molar-refractivity contribution in [1.82, 2.24) is 0 Å². The van der Waals surface area contributed by atoms with Crippen molar-refractivity contribution in [2.24, 2.45) is 0 Å². The van der Waals surface area contributed by atoms with Crippen LogP contribution in [0.1, 0.15) is 0 Å². The molecule has 86 valence electrons. The fourth-order valence-electron chi connectivity index (χ4n) is 0.572. The van der Waals surface area contributed by atoms with Gasteiger partial charge < -0.3 is 10.3 Å². The average Bonchev–Trinajstić information content (AvgIpc) is 1.96. The Bertz CT molecular complexity index is 417. The number of hydrogen-bond acceptors (Lipinski definition) is 3. The van der Waals surface area contributed by atoms with E-state index in [9.17, 15) is 0 Å². The topological polar surface area (TPSA) is 105 Å². The molecular formula is C6H6Cl3NO4S. The molecule has 0 aromatic heterocycles. The van der Waals surface area contributed by atoms with Crippen molar-refractivity contribution in [3.05, 3.63) is 27.2 Å². The van der Waals surface area contributed by atoms with Gasteiger partial charge in [-0.25, -0.2) is 8.42 Å². The van der Waals surface area contributed by atoms with Gasteiger partial charge in [-0.3, -0.25) is 4.55 Å². The van der Waals surface area contributed by atoms with Crippen LogP contribution in [0.3, 0.4) is 0 Å². The Hall–Kier alpha value is -0.0800. The standard InChI is InChI=1S/C6H4Cl3N.H2O4S/c7-3-1-4(8)6(10)5(9)2-3;1-5(2,3)4/h1-2H,10H2;(H2,1,2,3,4). The molecule has 1 aromatic carbocycles. The summed E-state index contributed by atoms with van der Waals surface area (Å²) in [5, 5.41) is 1.53. The third-order valence-corrected chi connectivity index (χ3v) is 2.00. The summed E-state index contributed by atoms with van der Waals surface area (Å²) >= 11 is 17.0. The predicted molar refractivity (Wildman–Crippen MR) is 56.3 cm³/mol. The van der Waals surface area contributed by atoms with Crippen LogP contribution in [0.5, 0.6) is 0 Å². The first-order chi connectivity index (χ1) is 6.61. The van der Waals surface area contributed by atoms with E-state index in [0.29, 0.717) is 20.8 Å². The molecular weight excluding hydrogens is 288 g/mol. The Labute approximate surface area is 101 Å². The molecule has 15 heavy (non-hydrogen) atoms. The highest BCUT2D eigenvalue weighted by Crippen LogP contribution is 2.29. The quantitative estimate of drug-likeness (QED) is 0.559. The van der Waals surface area contributed by atoms with Gasteiger partial charge in [0.25, 0.3) is 0 Å². The first kappa shape index (κ1) is 14.9. The van der Waals surface area contributed by atoms with Crippen LogP contribution >= 0.6 is 34.8 Å². The Balaban J connectivity index is 0.000000336. The van der Waals surface area contributed by atoms with E-state index in [2.05, 4.69) is 5.73 Å². The van der Waals surface area contributed by atoms with Crippen LogP contribution in [0.4, 0.5) is 5.69 Å². The summed E-state index contributed by atoms with van der Waals surface area (Å²) in [7, 11) is -4.92. The normalized spacial score (nSPS) is 10.5. The van der Waals surface area contributed by atoms with Gasteiger partial charge in [-0.2, -0.15) is 0 Å². The van der Waals surface area contributed by atoms with E-state index in [1.54, 1.807) is 12.1 Å². The molecule has 0 saturated heterocycles. The highest BCUT2D eigenvalue weighted by molar-refractivity contribution is 7.79. The molecule has 0 radical (unpaired) electrons. The molecule has 0 amide bonds. The predicted octanol–water partition coefficient (Wildman–Crippen LogP) is 1.52. The van der Waals surface area contributed by atoms with E-state index in [1.165, 1.54) is 0 Å². The van der Waals surface area contributed by atoms with Crippen molar-refractivity contribution in [3.8, 4) is 0 Å². The molecule has 0 aliphatic heterocycles. The Kier molecular flexibility index (Phi) is 5.82. The first-order valence-electron chi connectivity index (χ1n) is 3.26. The van der Waals surface area contributed by atoms with Crippen LogP contribution in [-0.2, 0) is 10.4 Å². The van der Waals surface area contributed by atoms with Gasteiger partial charge in [-0.05, 0) is 12.1 Å². The lowest BCUT2D eigenvalue weighted by Crippen LogP contribution is -2.40. The van der Waals surface area contributed by atoms with E-state index in [0.717, 1.165) is 0 Å². The minimum atomic E-state index is -4.92. The van der Waals surface area contributed by atoms with Crippen molar-refractivity contribution < 1.29 is 23.3 Å². The fraction of sp³-hybridized carbons (Fsp3) is 0. The Morgan fingerprint density at radius 3 is 1.73 bits per heavy atom. The molecule has 0 atom stereocenters. The minimum Gasteiger partial charge on any atom is -0.726 e. The SMILES string of the molecule is O=S(=O)([O-])O.[NH3+]c1c(Cl)cc(Cl)cc1Cl. The summed E-state index contributed by atoms with van der Waals surface area (Å²) in [4.78, 5) is 0. The zero-order valence-corrected chi connectivity index (χ0v) is 10.2. The lowest BCUT2D eigenvalue weighted by molar-refractivity contribution is -0.254. The van der Waals surface area contributed by atoms with Gasteiger partial charge in [0.15, 0.2) is 5.69 Å². The van der Waals surface area contributed by atoms with Gasteiger partial charge in [0.2, 0.25) is 10.4 Å². The third kappa shape index (κ3) is 7.80. The van der Waals surface area contributed by atoms with E-state index >= 15 is 0 Å². The molecule has 0 aliphatic carbocycles. The molecule has 0 fully saturated rings. The Morgan fingerprint density at radius 1 is 1.20 bits per heavy atom. The molecule has 0 bridgehead atoms. The van der Waals surface area contributed by atoms with Gasteiger partial charge >= 0.3 is 0 Å². The largest absolute Gasteiger partial charge is 0.726 e. The van der Waals surface area contributed by atoms with Crippen LogP contribution < -0.4 is 5.73 Å². The van der Waals surface area contributed by atoms with Crippen LogP contribution in [-0.4, -0.2) is 17.5 Å². The van der Waals surface area contributed by atoms with Gasteiger partial charge in [-0.1, -0.05) is 34.8 Å². The number of quaternary nitrogens is 1. The van der Waals surface area contributed by atoms with E-state index in [1.807, 2.05) is 0 Å². The van der Waals surface area contributed by atoms with Crippen LogP contribution in [0.25, 0.3) is 0 Å². The highest BCUT2D eigenvalue weighted by Gasteiger charge is 2.05. The van der Waals surface area contributed by atoms with Gasteiger partial charge in [0.1, 0.15) is 10.0 Å². The first-order valence-corrected chi connectivity index (χ1v) is 5.76. The summed E-state index contributed by atoms with van der Waals surface area (Å²) in [6.45, 7) is 0. The van der Waals surface area contributed by atoms with Crippen molar-refractivity contribution in [2.45, 2.75) is 0 Å². The second-order valence-electron chi connectivity index (χ2n) is 2.28. The zero-order chi connectivity index (χ0) is 12.2. The van der Waals surface area contributed by atoms with Crippen LogP contribution in [0.2, 0.25) is 15.1 Å². The van der Waals surface area contributed by atoms with E-state index < -0.39 is 10.4 Å². The second kappa shape index (κ2) is 5.86. The van der Waals surface area contributed by atoms with Crippen molar-refractivity contribution in [2.75, 3.05) is 0 Å². The fourth-order valence-corrected chi connectivity index (χ4v) is 1.39. The molecule has 0 aliphatic rings. The molecule has 5 nitrogen and oxygen atoms in total. The molecule has 1 rings (SSSR count). The maximum atomic E-state index is 8.63. The summed E-state index contributed by atoms with van der Waals surface area (Å²) in [6.07, 6.45) is 0. The number of rotatable bonds is 0. The Morgan fingerprint density at radius 2 is 1.47 bits per heavy atom. The smallest absolute Gasteiger partial charge is 0.215 e. The number of hydrogen-bond donors (Lipinski definition) is 2. The molecule has 0 saturated carbocycles. The van der Waals surface area contributed by atoms with Crippen LogP contribution in [0.15, 0.2) is 12.1 Å². The molecule has 0 unspecified atom stereocenters. The lowest BCUT2D eigenvalue weighted by atomic mass is 10.3. The summed E-state index contributed by atoms with van der Waals surface area (Å²) in [5.74, 6) is 0. The third-order valence-electron chi connectivity index (χ3n) is 1.11. The molecule has 4 N–H and O–H groups in total. The highest BCUT2D eigenvalue weighted by atomic mass is 35.5. The van der Waals surface area contributed by atoms with E-state index in [-0.39, 0.29) is 0 Å². The van der Waals surface area contributed by atoms with Crippen molar-refractivity contribution in [1.29, 1.82) is 0 Å². The van der Waals surface area contributed by atoms with Gasteiger partial charge in [0.05, 0.1) is 0 Å².